The molecule has 0 unspecified atom stereocenters. The molecule has 3 rings (SSSR count). The molecule has 5 atom stereocenters. The number of aliphatic hydroxyl groups excluding tert-OH is 4. The summed E-state index contributed by atoms with van der Waals surface area (Å²) in [7, 11) is 0. The second-order valence-electron chi connectivity index (χ2n) is 7.04. The van der Waals surface area contributed by atoms with Crippen LogP contribution in [0, 0.1) is 6.92 Å². The zero-order valence-corrected chi connectivity index (χ0v) is 15.6. The van der Waals surface area contributed by atoms with Gasteiger partial charge in [0.2, 0.25) is 6.29 Å². The number of phenolic OH excluding ortho intramolecular Hbond substituents is 1. The summed E-state index contributed by atoms with van der Waals surface area (Å²) in [6.45, 7) is 1.13. The van der Waals surface area contributed by atoms with Gasteiger partial charge in [-0.3, -0.25) is 0 Å². The summed E-state index contributed by atoms with van der Waals surface area (Å²) >= 11 is 0. The van der Waals surface area contributed by atoms with E-state index in [1.54, 1.807) is 19.1 Å². The molecule has 0 aromatic heterocycles. The number of phenols is 1. The van der Waals surface area contributed by atoms with Crippen molar-refractivity contribution in [3.05, 3.63) is 59.2 Å². The van der Waals surface area contributed by atoms with Gasteiger partial charge in [0.25, 0.3) is 0 Å². The van der Waals surface area contributed by atoms with Crippen LogP contribution in [0.15, 0.2) is 42.5 Å². The molecular weight excluding hydrogens is 364 g/mol. The number of aromatic hydroxyl groups is 1. The molecule has 0 amide bonds. The molecule has 1 heterocycles. The highest BCUT2D eigenvalue weighted by Crippen LogP contribution is 2.32. The summed E-state index contributed by atoms with van der Waals surface area (Å²) in [4.78, 5) is 0. The van der Waals surface area contributed by atoms with Crippen LogP contribution in [0.25, 0.3) is 0 Å². The Hall–Kier alpha value is -2.16. The lowest BCUT2D eigenvalue weighted by atomic mass is 9.99. The number of aryl methyl sites for hydroxylation is 2. The Labute approximate surface area is 163 Å². The molecule has 7 heteroatoms. The molecule has 2 aromatic rings. The minimum absolute atomic E-state index is 0.0464. The van der Waals surface area contributed by atoms with Crippen LogP contribution < -0.4 is 4.74 Å². The Kier molecular flexibility index (Phi) is 6.53. The third kappa shape index (κ3) is 4.45. The fraction of sp³-hybridized carbons (Fsp3) is 0.429. The quantitative estimate of drug-likeness (QED) is 0.492. The molecule has 1 aliphatic rings. The molecule has 0 radical (unpaired) electrons. The van der Waals surface area contributed by atoms with Crippen molar-refractivity contribution in [3.8, 4) is 11.5 Å². The normalized spacial score (nSPS) is 27.5. The maximum absolute atomic E-state index is 10.3. The number of rotatable bonds is 6. The van der Waals surface area contributed by atoms with Gasteiger partial charge in [-0.1, -0.05) is 30.3 Å². The Morgan fingerprint density at radius 3 is 2.29 bits per heavy atom. The van der Waals surface area contributed by atoms with Crippen LogP contribution in [-0.2, 0) is 17.6 Å². The van der Waals surface area contributed by atoms with Gasteiger partial charge in [-0.05, 0) is 43.0 Å². The summed E-state index contributed by atoms with van der Waals surface area (Å²) in [5.41, 5.74) is 2.46. The van der Waals surface area contributed by atoms with E-state index < -0.39 is 37.3 Å². The summed E-state index contributed by atoms with van der Waals surface area (Å²) in [6, 6.07) is 13.4. The van der Waals surface area contributed by atoms with E-state index >= 15 is 0 Å². The molecule has 0 saturated carbocycles. The van der Waals surface area contributed by atoms with Crippen LogP contribution >= 0.6 is 0 Å². The van der Waals surface area contributed by atoms with E-state index in [4.69, 9.17) is 9.47 Å². The standard InChI is InChI=1S/C21H26O7/c1-12-15(23)9-14(8-7-13-5-3-2-4-6-13)10-16(12)27-21-20(26)19(25)18(24)17(11-22)28-21/h2-6,9-10,17-26H,7-8,11H2,1H3/t17-,18-,19+,20-,21-/m1/s1. The van der Waals surface area contributed by atoms with Gasteiger partial charge in [-0.15, -0.1) is 0 Å². The Balaban J connectivity index is 1.76. The molecule has 0 spiro atoms. The van der Waals surface area contributed by atoms with Crippen molar-refractivity contribution in [1.82, 2.24) is 0 Å². The fourth-order valence-corrected chi connectivity index (χ4v) is 3.22. The zero-order valence-electron chi connectivity index (χ0n) is 15.6. The summed E-state index contributed by atoms with van der Waals surface area (Å²) in [6.07, 6.45) is -5.38. The highest BCUT2D eigenvalue weighted by Gasteiger charge is 2.44. The van der Waals surface area contributed by atoms with Crippen molar-refractivity contribution < 1.29 is 35.0 Å². The smallest absolute Gasteiger partial charge is 0.229 e. The van der Waals surface area contributed by atoms with Gasteiger partial charge in [0.1, 0.15) is 35.9 Å². The van der Waals surface area contributed by atoms with Gasteiger partial charge in [0, 0.05) is 5.56 Å². The summed E-state index contributed by atoms with van der Waals surface area (Å²) in [5, 5.41) is 49.5. The molecule has 1 saturated heterocycles. The Morgan fingerprint density at radius 2 is 1.61 bits per heavy atom. The van der Waals surface area contributed by atoms with Crippen molar-refractivity contribution >= 4 is 0 Å². The molecule has 152 valence electrons. The van der Waals surface area contributed by atoms with Crippen LogP contribution in [0.4, 0.5) is 0 Å². The molecule has 28 heavy (non-hydrogen) atoms. The van der Waals surface area contributed by atoms with Crippen LogP contribution in [-0.4, -0.2) is 62.8 Å². The molecule has 0 aliphatic carbocycles. The number of ether oxygens (including phenoxy) is 2. The Morgan fingerprint density at radius 1 is 0.929 bits per heavy atom. The van der Waals surface area contributed by atoms with E-state index in [1.165, 1.54) is 5.56 Å². The van der Waals surface area contributed by atoms with Gasteiger partial charge in [-0.2, -0.15) is 0 Å². The van der Waals surface area contributed by atoms with Crippen molar-refractivity contribution in [3.63, 3.8) is 0 Å². The second-order valence-corrected chi connectivity index (χ2v) is 7.04. The van der Waals surface area contributed by atoms with Gasteiger partial charge in [0.05, 0.1) is 6.61 Å². The first kappa shape index (κ1) is 20.6. The van der Waals surface area contributed by atoms with Crippen LogP contribution in [0.1, 0.15) is 16.7 Å². The fourth-order valence-electron chi connectivity index (χ4n) is 3.22. The summed E-state index contributed by atoms with van der Waals surface area (Å²) in [5.74, 6) is 0.345. The lowest BCUT2D eigenvalue weighted by Crippen LogP contribution is -2.60. The molecule has 7 nitrogen and oxygen atoms in total. The van der Waals surface area contributed by atoms with Gasteiger partial charge in [-0.25, -0.2) is 0 Å². The number of hydrogen-bond acceptors (Lipinski definition) is 7. The maximum Gasteiger partial charge on any atom is 0.229 e. The van der Waals surface area contributed by atoms with E-state index in [9.17, 15) is 25.5 Å². The Bertz CT molecular complexity index is 778. The monoisotopic (exact) mass is 390 g/mol. The minimum atomic E-state index is -1.52. The number of hydrogen-bond donors (Lipinski definition) is 5. The van der Waals surface area contributed by atoms with Gasteiger partial charge in [0.15, 0.2) is 0 Å². The van der Waals surface area contributed by atoms with E-state index in [0.717, 1.165) is 12.0 Å². The molecule has 1 fully saturated rings. The molecule has 1 aliphatic heterocycles. The first-order valence-corrected chi connectivity index (χ1v) is 9.24. The van der Waals surface area contributed by atoms with E-state index in [-0.39, 0.29) is 5.75 Å². The molecule has 2 aromatic carbocycles. The van der Waals surface area contributed by atoms with E-state index in [1.807, 2.05) is 30.3 Å². The van der Waals surface area contributed by atoms with Crippen molar-refractivity contribution in [2.75, 3.05) is 6.61 Å². The molecular formula is C21H26O7. The molecule has 5 N–H and O–H groups in total. The van der Waals surface area contributed by atoms with Crippen molar-refractivity contribution in [1.29, 1.82) is 0 Å². The lowest BCUT2D eigenvalue weighted by Gasteiger charge is -2.39. The summed E-state index contributed by atoms with van der Waals surface area (Å²) < 4.78 is 11.1. The van der Waals surface area contributed by atoms with Gasteiger partial charge >= 0.3 is 0 Å². The lowest BCUT2D eigenvalue weighted by molar-refractivity contribution is -0.277. The largest absolute Gasteiger partial charge is 0.508 e. The average molecular weight is 390 g/mol. The third-order valence-electron chi connectivity index (χ3n) is 5.03. The predicted molar refractivity (Wildman–Crippen MR) is 101 cm³/mol. The highest BCUT2D eigenvalue weighted by molar-refractivity contribution is 5.46. The van der Waals surface area contributed by atoms with Gasteiger partial charge < -0.3 is 35.0 Å². The van der Waals surface area contributed by atoms with Crippen LogP contribution in [0.2, 0.25) is 0 Å². The van der Waals surface area contributed by atoms with E-state index in [2.05, 4.69) is 0 Å². The van der Waals surface area contributed by atoms with Crippen molar-refractivity contribution in [2.45, 2.75) is 50.5 Å². The van der Waals surface area contributed by atoms with Crippen LogP contribution in [0.5, 0.6) is 11.5 Å². The van der Waals surface area contributed by atoms with Crippen LogP contribution in [0.3, 0.4) is 0 Å². The first-order valence-electron chi connectivity index (χ1n) is 9.24. The van der Waals surface area contributed by atoms with E-state index in [0.29, 0.717) is 17.7 Å². The topological polar surface area (TPSA) is 120 Å². The third-order valence-corrected chi connectivity index (χ3v) is 5.03. The SMILES string of the molecule is Cc1c(O)cc(CCc2ccccc2)cc1O[C@@H]1O[C@H](CO)[C@@H](O)[C@H](O)[C@H]1O. The average Bonchev–Trinajstić information content (AvgIpc) is 2.71. The molecule has 0 bridgehead atoms. The number of aliphatic hydroxyl groups is 4. The first-order chi connectivity index (χ1) is 13.4. The highest BCUT2D eigenvalue weighted by atomic mass is 16.7. The number of benzene rings is 2. The minimum Gasteiger partial charge on any atom is -0.508 e. The second kappa shape index (κ2) is 8.89. The maximum atomic E-state index is 10.3. The zero-order chi connectivity index (χ0) is 20.3. The predicted octanol–water partition coefficient (Wildman–Crippen LogP) is 0.665. The van der Waals surface area contributed by atoms with Crippen molar-refractivity contribution in [2.24, 2.45) is 0 Å².